The van der Waals surface area contributed by atoms with Crippen LogP contribution in [0.1, 0.15) is 15.9 Å². The van der Waals surface area contributed by atoms with Crippen molar-refractivity contribution >= 4 is 5.97 Å². The molecule has 0 heterocycles. The lowest BCUT2D eigenvalue weighted by Crippen LogP contribution is -2.01. The van der Waals surface area contributed by atoms with E-state index in [1.807, 2.05) is 30.3 Å². The summed E-state index contributed by atoms with van der Waals surface area (Å²) in [5.41, 5.74) is 1.82. The maximum absolute atomic E-state index is 11.2. The van der Waals surface area contributed by atoms with E-state index in [1.54, 1.807) is 19.1 Å². The third-order valence-corrected chi connectivity index (χ3v) is 2.68. The molecule has 0 atom stereocenters. The number of carboxylic acids is 1. The molecule has 0 aliphatic carbocycles. The highest BCUT2D eigenvalue weighted by molar-refractivity contribution is 5.99. The summed E-state index contributed by atoms with van der Waals surface area (Å²) < 4.78 is 0. The van der Waals surface area contributed by atoms with E-state index in [4.69, 9.17) is 0 Å². The van der Waals surface area contributed by atoms with E-state index in [1.165, 1.54) is 0 Å². The molecule has 2 aromatic rings. The maximum Gasteiger partial charge on any atom is 0.340 e. The van der Waals surface area contributed by atoms with Crippen LogP contribution in [0, 0.1) is 6.92 Å². The van der Waals surface area contributed by atoms with Crippen molar-refractivity contribution in [3.05, 3.63) is 53.6 Å². The van der Waals surface area contributed by atoms with Gasteiger partial charge < -0.3 is 10.2 Å². The topological polar surface area (TPSA) is 57.5 Å². The Labute approximate surface area is 99.0 Å². The van der Waals surface area contributed by atoms with E-state index in [2.05, 4.69) is 0 Å². The zero-order valence-corrected chi connectivity index (χ0v) is 9.34. The summed E-state index contributed by atoms with van der Waals surface area (Å²) in [6, 6.07) is 12.6. The van der Waals surface area contributed by atoms with Gasteiger partial charge in [-0.2, -0.15) is 0 Å². The van der Waals surface area contributed by atoms with Crippen molar-refractivity contribution in [2.24, 2.45) is 0 Å². The van der Waals surface area contributed by atoms with Crippen LogP contribution < -0.4 is 0 Å². The first-order valence-electron chi connectivity index (χ1n) is 5.22. The fraction of sp³-hybridized carbons (Fsp3) is 0.0714. The van der Waals surface area contributed by atoms with E-state index in [0.717, 1.165) is 5.56 Å². The second-order valence-electron chi connectivity index (χ2n) is 3.82. The summed E-state index contributed by atoms with van der Waals surface area (Å²) in [5, 5.41) is 19.0. The fourth-order valence-corrected chi connectivity index (χ4v) is 1.77. The number of benzene rings is 2. The second-order valence-corrected chi connectivity index (χ2v) is 3.82. The lowest BCUT2D eigenvalue weighted by Gasteiger charge is -2.10. The molecule has 0 aromatic heterocycles. The van der Waals surface area contributed by atoms with E-state index in [0.29, 0.717) is 11.1 Å². The summed E-state index contributed by atoms with van der Waals surface area (Å²) in [6.45, 7) is 1.68. The van der Waals surface area contributed by atoms with Gasteiger partial charge in [0.2, 0.25) is 0 Å². The molecule has 3 nitrogen and oxygen atoms in total. The van der Waals surface area contributed by atoms with Crippen molar-refractivity contribution < 1.29 is 15.0 Å². The first-order valence-corrected chi connectivity index (χ1v) is 5.22. The highest BCUT2D eigenvalue weighted by atomic mass is 16.4. The molecule has 0 aliphatic heterocycles. The largest absolute Gasteiger partial charge is 0.507 e. The summed E-state index contributed by atoms with van der Waals surface area (Å²) in [7, 11) is 0. The summed E-state index contributed by atoms with van der Waals surface area (Å²) in [4.78, 5) is 11.2. The minimum Gasteiger partial charge on any atom is -0.507 e. The smallest absolute Gasteiger partial charge is 0.340 e. The Morgan fingerprint density at radius 1 is 1.06 bits per heavy atom. The molecule has 2 aromatic carbocycles. The minimum absolute atomic E-state index is 0.0452. The van der Waals surface area contributed by atoms with Crippen LogP contribution in [-0.2, 0) is 0 Å². The molecular weight excluding hydrogens is 216 g/mol. The van der Waals surface area contributed by atoms with Crippen molar-refractivity contribution in [3.8, 4) is 16.9 Å². The van der Waals surface area contributed by atoms with Crippen LogP contribution in [0.2, 0.25) is 0 Å². The summed E-state index contributed by atoms with van der Waals surface area (Å²) in [6.07, 6.45) is 0. The number of phenols is 1. The van der Waals surface area contributed by atoms with E-state index >= 15 is 0 Å². The number of hydrogen-bond acceptors (Lipinski definition) is 2. The average Bonchev–Trinajstić information content (AvgIpc) is 2.33. The van der Waals surface area contributed by atoms with Crippen molar-refractivity contribution in [1.82, 2.24) is 0 Å². The van der Waals surface area contributed by atoms with Gasteiger partial charge >= 0.3 is 5.97 Å². The lowest BCUT2D eigenvalue weighted by molar-refractivity contribution is 0.0694. The molecule has 17 heavy (non-hydrogen) atoms. The summed E-state index contributed by atoms with van der Waals surface area (Å²) in [5.74, 6) is -1.29. The number of hydrogen-bond donors (Lipinski definition) is 2. The summed E-state index contributed by atoms with van der Waals surface area (Å²) >= 11 is 0. The molecule has 0 aliphatic rings. The van der Waals surface area contributed by atoms with Crippen LogP contribution in [0.15, 0.2) is 42.5 Å². The standard InChI is InChI=1S/C14H12O3/c1-9-7-8-11(10-5-3-2-4-6-10)12(13(9)15)14(16)17/h2-8,15H,1H3,(H,16,17). The predicted octanol–water partition coefficient (Wildman–Crippen LogP) is 3.07. The van der Waals surface area contributed by atoms with Crippen LogP contribution in [0.25, 0.3) is 11.1 Å². The highest BCUT2D eigenvalue weighted by Gasteiger charge is 2.17. The van der Waals surface area contributed by atoms with Gasteiger partial charge in [-0.05, 0) is 23.6 Å². The van der Waals surface area contributed by atoms with E-state index in [-0.39, 0.29) is 11.3 Å². The monoisotopic (exact) mass is 228 g/mol. The van der Waals surface area contributed by atoms with Crippen molar-refractivity contribution in [2.45, 2.75) is 6.92 Å². The van der Waals surface area contributed by atoms with Crippen molar-refractivity contribution in [1.29, 1.82) is 0 Å². The van der Waals surface area contributed by atoms with Gasteiger partial charge in [0.15, 0.2) is 0 Å². The molecule has 0 saturated heterocycles. The van der Waals surface area contributed by atoms with Gasteiger partial charge in [0.1, 0.15) is 11.3 Å². The van der Waals surface area contributed by atoms with Crippen molar-refractivity contribution in [2.75, 3.05) is 0 Å². The molecule has 3 heteroatoms. The number of carboxylic acid groups (broad SMARTS) is 1. The second kappa shape index (κ2) is 4.29. The quantitative estimate of drug-likeness (QED) is 0.830. The molecule has 0 fully saturated rings. The number of aromatic hydroxyl groups is 1. The van der Waals surface area contributed by atoms with Crippen LogP contribution in [0.3, 0.4) is 0 Å². The number of aryl methyl sites for hydroxylation is 1. The molecule has 0 unspecified atom stereocenters. The van der Waals surface area contributed by atoms with Crippen LogP contribution in [0.4, 0.5) is 0 Å². The lowest BCUT2D eigenvalue weighted by atomic mass is 9.97. The Bertz CT molecular complexity index is 559. The molecular formula is C14H12O3. The van der Waals surface area contributed by atoms with E-state index in [9.17, 15) is 15.0 Å². The van der Waals surface area contributed by atoms with Gasteiger partial charge in [0, 0.05) is 0 Å². The van der Waals surface area contributed by atoms with Gasteiger partial charge in [-0.15, -0.1) is 0 Å². The average molecular weight is 228 g/mol. The third kappa shape index (κ3) is 1.99. The molecule has 0 radical (unpaired) electrons. The molecule has 2 rings (SSSR count). The van der Waals surface area contributed by atoms with Gasteiger partial charge in [0.25, 0.3) is 0 Å². The Balaban J connectivity index is 2.71. The Hall–Kier alpha value is -2.29. The zero-order valence-electron chi connectivity index (χ0n) is 9.34. The number of aromatic carboxylic acids is 1. The van der Waals surface area contributed by atoms with Gasteiger partial charge in [-0.1, -0.05) is 42.5 Å². The Kier molecular flexibility index (Phi) is 2.83. The van der Waals surface area contributed by atoms with Crippen LogP contribution in [-0.4, -0.2) is 16.2 Å². The SMILES string of the molecule is Cc1ccc(-c2ccccc2)c(C(=O)O)c1O. The van der Waals surface area contributed by atoms with E-state index < -0.39 is 5.97 Å². The van der Waals surface area contributed by atoms with Crippen molar-refractivity contribution in [3.63, 3.8) is 0 Å². The zero-order chi connectivity index (χ0) is 12.4. The Morgan fingerprint density at radius 2 is 1.71 bits per heavy atom. The molecule has 2 N–H and O–H groups in total. The van der Waals surface area contributed by atoms with Gasteiger partial charge in [0.05, 0.1) is 0 Å². The fourth-order valence-electron chi connectivity index (χ4n) is 1.77. The minimum atomic E-state index is -1.12. The van der Waals surface area contributed by atoms with Gasteiger partial charge in [-0.3, -0.25) is 0 Å². The molecule has 0 spiro atoms. The highest BCUT2D eigenvalue weighted by Crippen LogP contribution is 2.32. The molecule has 86 valence electrons. The maximum atomic E-state index is 11.2. The molecule has 0 amide bonds. The van der Waals surface area contributed by atoms with Crippen LogP contribution >= 0.6 is 0 Å². The normalized spacial score (nSPS) is 10.2. The first kappa shape index (κ1) is 11.2. The number of rotatable bonds is 2. The number of carbonyl (C=O) groups is 1. The molecule has 0 bridgehead atoms. The Morgan fingerprint density at radius 3 is 2.29 bits per heavy atom. The third-order valence-electron chi connectivity index (χ3n) is 2.68. The van der Waals surface area contributed by atoms with Crippen LogP contribution in [0.5, 0.6) is 5.75 Å². The van der Waals surface area contributed by atoms with Gasteiger partial charge in [-0.25, -0.2) is 4.79 Å². The first-order chi connectivity index (χ1) is 8.11. The molecule has 0 saturated carbocycles. The predicted molar refractivity (Wildman–Crippen MR) is 65.2 cm³/mol.